The van der Waals surface area contributed by atoms with Gasteiger partial charge in [-0.3, -0.25) is 4.79 Å². The zero-order valence-electron chi connectivity index (χ0n) is 11.3. The van der Waals surface area contributed by atoms with Crippen LogP contribution in [0.3, 0.4) is 0 Å². The summed E-state index contributed by atoms with van der Waals surface area (Å²) in [7, 11) is 0. The lowest BCUT2D eigenvalue weighted by Gasteiger charge is -2.07. The van der Waals surface area contributed by atoms with Crippen molar-refractivity contribution in [3.8, 4) is 0 Å². The van der Waals surface area contributed by atoms with Crippen LogP contribution in [0.1, 0.15) is 28.8 Å². The van der Waals surface area contributed by atoms with Crippen LogP contribution in [0.5, 0.6) is 0 Å². The Labute approximate surface area is 117 Å². The van der Waals surface area contributed by atoms with E-state index in [0.29, 0.717) is 24.4 Å². The second-order valence-corrected chi connectivity index (χ2v) is 4.32. The lowest BCUT2D eigenvalue weighted by Crippen LogP contribution is -2.22. The van der Waals surface area contributed by atoms with E-state index in [4.69, 9.17) is 9.52 Å². The molecule has 2 rings (SSSR count). The minimum atomic E-state index is -0.104. The van der Waals surface area contributed by atoms with Gasteiger partial charge in [-0.1, -0.05) is 6.07 Å². The van der Waals surface area contributed by atoms with Crippen molar-refractivity contribution in [2.75, 3.05) is 11.9 Å². The molecule has 0 unspecified atom stereocenters. The third-order valence-electron chi connectivity index (χ3n) is 2.80. The molecule has 0 bridgehead atoms. The molecular weight excluding hydrogens is 256 g/mol. The van der Waals surface area contributed by atoms with Gasteiger partial charge in [0.25, 0.3) is 5.91 Å². The number of aliphatic hydroxyl groups is 1. The molecule has 5 heteroatoms. The first-order chi connectivity index (χ1) is 9.72. The van der Waals surface area contributed by atoms with E-state index in [1.165, 1.54) is 0 Å². The van der Waals surface area contributed by atoms with Crippen LogP contribution in [0.15, 0.2) is 40.8 Å². The van der Waals surface area contributed by atoms with Crippen molar-refractivity contribution < 1.29 is 14.3 Å². The number of anilines is 1. The van der Waals surface area contributed by atoms with Crippen LogP contribution in [0, 0.1) is 0 Å². The molecule has 0 aliphatic rings. The molecule has 1 amide bonds. The van der Waals surface area contributed by atoms with E-state index >= 15 is 0 Å². The van der Waals surface area contributed by atoms with E-state index in [0.717, 1.165) is 11.4 Å². The Hall–Kier alpha value is -2.27. The van der Waals surface area contributed by atoms with E-state index in [9.17, 15) is 4.79 Å². The highest BCUT2D eigenvalue weighted by Crippen LogP contribution is 2.14. The smallest absolute Gasteiger partial charge is 0.251 e. The minimum Gasteiger partial charge on any atom is -0.462 e. The number of carbonyl (C=O) groups is 1. The molecule has 0 spiro atoms. The quantitative estimate of drug-likeness (QED) is 0.754. The number of benzene rings is 1. The first-order valence-electron chi connectivity index (χ1n) is 6.53. The zero-order chi connectivity index (χ0) is 14.4. The summed E-state index contributed by atoms with van der Waals surface area (Å²) in [6.45, 7) is 2.88. The van der Waals surface area contributed by atoms with Gasteiger partial charge in [-0.2, -0.15) is 0 Å². The van der Waals surface area contributed by atoms with Gasteiger partial charge in [0, 0.05) is 17.8 Å². The molecule has 3 N–H and O–H groups in total. The first-order valence-corrected chi connectivity index (χ1v) is 6.53. The van der Waals surface area contributed by atoms with Crippen LogP contribution in [0.25, 0.3) is 0 Å². The lowest BCUT2D eigenvalue weighted by atomic mass is 10.2. The van der Waals surface area contributed by atoms with E-state index < -0.39 is 0 Å². The Balaban J connectivity index is 1.99. The van der Waals surface area contributed by atoms with Crippen LogP contribution < -0.4 is 10.6 Å². The summed E-state index contributed by atoms with van der Waals surface area (Å²) in [6, 6.07) is 10.8. The number of aliphatic hydroxyl groups excluding tert-OH is 1. The molecule has 1 heterocycles. The number of carbonyl (C=O) groups excluding carboxylic acids is 1. The van der Waals surface area contributed by atoms with Crippen LogP contribution in [-0.4, -0.2) is 17.6 Å². The number of nitrogens with one attached hydrogen (secondary N) is 2. The molecular formula is C15H18N2O3. The molecule has 0 radical (unpaired) electrons. The van der Waals surface area contributed by atoms with Crippen molar-refractivity contribution in [1.82, 2.24) is 5.32 Å². The van der Waals surface area contributed by atoms with Gasteiger partial charge in [-0.25, -0.2) is 0 Å². The highest BCUT2D eigenvalue weighted by atomic mass is 16.4. The zero-order valence-corrected chi connectivity index (χ0v) is 11.3. The number of furan rings is 1. The Morgan fingerprint density at radius 1 is 1.25 bits per heavy atom. The average molecular weight is 274 g/mol. The molecule has 2 aromatic rings. The average Bonchev–Trinajstić information content (AvgIpc) is 2.94. The summed E-state index contributed by atoms with van der Waals surface area (Å²) in [5.74, 6) is 1.19. The Bertz CT molecular complexity index is 578. The summed E-state index contributed by atoms with van der Waals surface area (Å²) in [6.07, 6.45) is 0. The van der Waals surface area contributed by atoms with Crippen molar-refractivity contribution in [3.05, 3.63) is 53.5 Å². The first kappa shape index (κ1) is 14.1. The predicted octanol–water partition coefficient (Wildman–Crippen LogP) is 2.13. The number of amides is 1. The summed E-state index contributed by atoms with van der Waals surface area (Å²) >= 11 is 0. The second kappa shape index (κ2) is 6.77. The summed E-state index contributed by atoms with van der Waals surface area (Å²) in [5.41, 5.74) is 1.46. The lowest BCUT2D eigenvalue weighted by molar-refractivity contribution is 0.0956. The highest BCUT2D eigenvalue weighted by molar-refractivity contribution is 5.95. The van der Waals surface area contributed by atoms with Gasteiger partial charge in [-0.05, 0) is 37.3 Å². The molecule has 0 aliphatic carbocycles. The summed E-state index contributed by atoms with van der Waals surface area (Å²) < 4.78 is 5.38. The van der Waals surface area contributed by atoms with Crippen LogP contribution in [-0.2, 0) is 13.2 Å². The SMILES string of the molecule is CCNC(=O)c1cccc(NCc2ccc(CO)o2)c1. The fourth-order valence-electron chi connectivity index (χ4n) is 1.82. The molecule has 5 nitrogen and oxygen atoms in total. The van der Waals surface area contributed by atoms with Gasteiger partial charge >= 0.3 is 0 Å². The van der Waals surface area contributed by atoms with Crippen molar-refractivity contribution in [2.24, 2.45) is 0 Å². The highest BCUT2D eigenvalue weighted by Gasteiger charge is 2.05. The van der Waals surface area contributed by atoms with Gasteiger partial charge < -0.3 is 20.2 Å². The molecule has 1 aromatic heterocycles. The Morgan fingerprint density at radius 2 is 2.05 bits per heavy atom. The molecule has 0 atom stereocenters. The van der Waals surface area contributed by atoms with Gasteiger partial charge in [0.15, 0.2) is 0 Å². The minimum absolute atomic E-state index is 0.0864. The maximum atomic E-state index is 11.7. The molecule has 1 aromatic carbocycles. The van der Waals surface area contributed by atoms with Crippen molar-refractivity contribution in [3.63, 3.8) is 0 Å². The standard InChI is InChI=1S/C15H18N2O3/c1-2-16-15(19)11-4-3-5-12(8-11)17-9-13-6-7-14(10-18)20-13/h3-8,17-18H,2,9-10H2,1H3,(H,16,19). The third kappa shape index (κ3) is 3.61. The van der Waals surface area contributed by atoms with E-state index in [-0.39, 0.29) is 12.5 Å². The van der Waals surface area contributed by atoms with E-state index in [2.05, 4.69) is 10.6 Å². The topological polar surface area (TPSA) is 74.5 Å². The Morgan fingerprint density at radius 3 is 2.75 bits per heavy atom. The number of hydrogen-bond donors (Lipinski definition) is 3. The molecule has 0 fully saturated rings. The van der Waals surface area contributed by atoms with Crippen molar-refractivity contribution >= 4 is 11.6 Å². The number of hydrogen-bond acceptors (Lipinski definition) is 4. The van der Waals surface area contributed by atoms with E-state index in [1.54, 1.807) is 18.2 Å². The normalized spacial score (nSPS) is 10.3. The Kier molecular flexibility index (Phi) is 4.79. The summed E-state index contributed by atoms with van der Waals surface area (Å²) in [4.78, 5) is 11.7. The maximum absolute atomic E-state index is 11.7. The van der Waals surface area contributed by atoms with E-state index in [1.807, 2.05) is 25.1 Å². The van der Waals surface area contributed by atoms with Crippen molar-refractivity contribution in [1.29, 1.82) is 0 Å². The fourth-order valence-corrected chi connectivity index (χ4v) is 1.82. The molecule has 0 aliphatic heterocycles. The van der Waals surface area contributed by atoms with Gasteiger partial charge in [0.2, 0.25) is 0 Å². The van der Waals surface area contributed by atoms with Gasteiger partial charge in [0.1, 0.15) is 18.1 Å². The molecule has 0 saturated carbocycles. The monoisotopic (exact) mass is 274 g/mol. The molecule has 20 heavy (non-hydrogen) atoms. The second-order valence-electron chi connectivity index (χ2n) is 4.32. The van der Waals surface area contributed by atoms with Crippen LogP contribution >= 0.6 is 0 Å². The maximum Gasteiger partial charge on any atom is 0.251 e. The van der Waals surface area contributed by atoms with Gasteiger partial charge in [0.05, 0.1) is 6.54 Å². The van der Waals surface area contributed by atoms with Crippen LogP contribution in [0.2, 0.25) is 0 Å². The molecule has 0 saturated heterocycles. The fraction of sp³-hybridized carbons (Fsp3) is 0.267. The van der Waals surface area contributed by atoms with Crippen molar-refractivity contribution in [2.45, 2.75) is 20.1 Å². The van der Waals surface area contributed by atoms with Crippen LogP contribution in [0.4, 0.5) is 5.69 Å². The number of rotatable bonds is 6. The predicted molar refractivity (Wildman–Crippen MR) is 76.4 cm³/mol. The third-order valence-corrected chi connectivity index (χ3v) is 2.80. The van der Waals surface area contributed by atoms with Gasteiger partial charge in [-0.15, -0.1) is 0 Å². The summed E-state index contributed by atoms with van der Waals surface area (Å²) in [5, 5.41) is 14.9. The molecule has 106 valence electrons. The largest absolute Gasteiger partial charge is 0.462 e.